The largest absolute Gasteiger partial charge is 0.492 e. The van der Waals surface area contributed by atoms with E-state index in [1.54, 1.807) is 23.2 Å². The summed E-state index contributed by atoms with van der Waals surface area (Å²) in [6.45, 7) is 1.39. The maximum Gasteiger partial charge on any atom is 0.154 e. The summed E-state index contributed by atoms with van der Waals surface area (Å²) >= 11 is 0. The van der Waals surface area contributed by atoms with Gasteiger partial charge in [0, 0.05) is 36.4 Å². The molecule has 0 aliphatic rings. The third-order valence-corrected chi connectivity index (χ3v) is 3.61. The van der Waals surface area contributed by atoms with E-state index in [2.05, 4.69) is 15.1 Å². The zero-order valence-corrected chi connectivity index (χ0v) is 12.4. The molecule has 0 saturated heterocycles. The number of aromatic nitrogens is 5. The van der Waals surface area contributed by atoms with Crippen molar-refractivity contribution in [2.45, 2.75) is 6.54 Å². The van der Waals surface area contributed by atoms with E-state index in [0.29, 0.717) is 6.61 Å². The summed E-state index contributed by atoms with van der Waals surface area (Å²) in [5.41, 5.74) is 2.94. The quantitative estimate of drug-likeness (QED) is 0.569. The van der Waals surface area contributed by atoms with Gasteiger partial charge in [0.05, 0.1) is 19.1 Å². The lowest BCUT2D eigenvalue weighted by Gasteiger charge is -2.08. The average molecular weight is 305 g/mol. The van der Waals surface area contributed by atoms with E-state index in [1.165, 1.54) is 0 Å². The lowest BCUT2D eigenvalue weighted by atomic mass is 10.1. The molecule has 3 aromatic heterocycles. The molecule has 6 heteroatoms. The SMILES string of the molecule is c1cn(CCOc2ccc(-c3cnc4ccnn4c3)cc2)cn1. The summed E-state index contributed by atoms with van der Waals surface area (Å²) in [6, 6.07) is 9.87. The molecule has 6 nitrogen and oxygen atoms in total. The summed E-state index contributed by atoms with van der Waals surface area (Å²) in [5.74, 6) is 0.849. The Morgan fingerprint density at radius 1 is 1.00 bits per heavy atom. The number of hydrogen-bond acceptors (Lipinski definition) is 4. The molecule has 0 spiro atoms. The summed E-state index contributed by atoms with van der Waals surface area (Å²) in [4.78, 5) is 8.38. The first-order chi connectivity index (χ1) is 11.4. The summed E-state index contributed by atoms with van der Waals surface area (Å²) in [7, 11) is 0. The minimum absolute atomic E-state index is 0.608. The minimum Gasteiger partial charge on any atom is -0.492 e. The monoisotopic (exact) mass is 305 g/mol. The Labute approximate surface area is 133 Å². The van der Waals surface area contributed by atoms with E-state index in [0.717, 1.165) is 29.1 Å². The molecule has 3 heterocycles. The van der Waals surface area contributed by atoms with Crippen molar-refractivity contribution in [2.24, 2.45) is 0 Å². The van der Waals surface area contributed by atoms with Crippen molar-refractivity contribution >= 4 is 5.65 Å². The van der Waals surface area contributed by atoms with Crippen LogP contribution in [0, 0.1) is 0 Å². The van der Waals surface area contributed by atoms with Crippen LogP contribution in [-0.2, 0) is 6.54 Å². The fourth-order valence-electron chi connectivity index (χ4n) is 2.39. The zero-order chi connectivity index (χ0) is 15.5. The number of imidazole rings is 1. The minimum atomic E-state index is 0.608. The molecule has 0 aliphatic heterocycles. The molecule has 0 unspecified atom stereocenters. The third-order valence-electron chi connectivity index (χ3n) is 3.61. The van der Waals surface area contributed by atoms with Gasteiger partial charge < -0.3 is 9.30 Å². The zero-order valence-electron chi connectivity index (χ0n) is 12.4. The van der Waals surface area contributed by atoms with E-state index >= 15 is 0 Å². The van der Waals surface area contributed by atoms with Crippen LogP contribution in [0.4, 0.5) is 0 Å². The first-order valence-electron chi connectivity index (χ1n) is 7.37. The van der Waals surface area contributed by atoms with Crippen LogP contribution in [0.5, 0.6) is 5.75 Å². The van der Waals surface area contributed by atoms with Crippen molar-refractivity contribution < 1.29 is 4.74 Å². The maximum absolute atomic E-state index is 5.75. The predicted molar refractivity (Wildman–Crippen MR) is 86.1 cm³/mol. The molecular formula is C17H15N5O. The van der Waals surface area contributed by atoms with Crippen LogP contribution in [0.2, 0.25) is 0 Å². The van der Waals surface area contributed by atoms with Crippen LogP contribution in [0.25, 0.3) is 16.8 Å². The van der Waals surface area contributed by atoms with Gasteiger partial charge in [-0.15, -0.1) is 0 Å². The molecule has 0 bridgehead atoms. The number of fused-ring (bicyclic) bond motifs is 1. The fourth-order valence-corrected chi connectivity index (χ4v) is 2.39. The lowest BCUT2D eigenvalue weighted by Crippen LogP contribution is -2.06. The van der Waals surface area contributed by atoms with Crippen LogP contribution in [0.3, 0.4) is 0 Å². The Morgan fingerprint density at radius 3 is 2.74 bits per heavy atom. The van der Waals surface area contributed by atoms with Crippen molar-refractivity contribution in [3.05, 3.63) is 67.6 Å². The Balaban J connectivity index is 1.44. The molecule has 114 valence electrons. The predicted octanol–water partition coefficient (Wildman–Crippen LogP) is 2.67. The number of rotatable bonds is 5. The first-order valence-corrected chi connectivity index (χ1v) is 7.37. The van der Waals surface area contributed by atoms with Gasteiger partial charge in [-0.1, -0.05) is 12.1 Å². The smallest absolute Gasteiger partial charge is 0.154 e. The van der Waals surface area contributed by atoms with Crippen molar-refractivity contribution in [3.63, 3.8) is 0 Å². The van der Waals surface area contributed by atoms with E-state index in [9.17, 15) is 0 Å². The maximum atomic E-state index is 5.75. The van der Waals surface area contributed by atoms with Gasteiger partial charge in [0.1, 0.15) is 12.4 Å². The lowest BCUT2D eigenvalue weighted by molar-refractivity contribution is 0.298. The van der Waals surface area contributed by atoms with Crippen LogP contribution in [-0.4, -0.2) is 30.8 Å². The number of ether oxygens (including phenoxy) is 1. The van der Waals surface area contributed by atoms with Gasteiger partial charge in [-0.3, -0.25) is 0 Å². The highest BCUT2D eigenvalue weighted by atomic mass is 16.5. The van der Waals surface area contributed by atoms with Gasteiger partial charge in [0.25, 0.3) is 0 Å². The van der Waals surface area contributed by atoms with Gasteiger partial charge in [0.2, 0.25) is 0 Å². The van der Waals surface area contributed by atoms with Gasteiger partial charge in [-0.05, 0) is 17.7 Å². The van der Waals surface area contributed by atoms with Crippen LogP contribution in [0.1, 0.15) is 0 Å². The second-order valence-corrected chi connectivity index (χ2v) is 5.15. The number of benzene rings is 1. The standard InChI is InChI=1S/C17H15N5O/c1-3-16(23-10-9-21-8-7-18-13-21)4-2-14(1)15-11-19-17-5-6-20-22(17)12-15/h1-8,11-13H,9-10H2. The van der Waals surface area contributed by atoms with E-state index < -0.39 is 0 Å². The second kappa shape index (κ2) is 5.92. The highest BCUT2D eigenvalue weighted by Gasteiger charge is 2.02. The van der Waals surface area contributed by atoms with Crippen LogP contribution < -0.4 is 4.74 Å². The van der Waals surface area contributed by atoms with E-state index in [4.69, 9.17) is 4.74 Å². The first kappa shape index (κ1) is 13.5. The van der Waals surface area contributed by atoms with Gasteiger partial charge in [-0.25, -0.2) is 14.5 Å². The molecule has 0 amide bonds. The topological polar surface area (TPSA) is 57.2 Å². The summed E-state index contributed by atoms with van der Waals surface area (Å²) < 4.78 is 9.50. The third kappa shape index (κ3) is 2.91. The van der Waals surface area contributed by atoms with E-state index in [-0.39, 0.29) is 0 Å². The molecule has 0 atom stereocenters. The van der Waals surface area contributed by atoms with Crippen LogP contribution in [0.15, 0.2) is 67.6 Å². The Hall–Kier alpha value is -3.15. The molecule has 0 aliphatic carbocycles. The average Bonchev–Trinajstić information content (AvgIpc) is 3.26. The Kier molecular flexibility index (Phi) is 3.48. The summed E-state index contributed by atoms with van der Waals surface area (Å²) in [6.07, 6.45) is 11.0. The molecule has 0 N–H and O–H groups in total. The molecule has 0 fully saturated rings. The van der Waals surface area contributed by atoms with Crippen molar-refractivity contribution in [3.8, 4) is 16.9 Å². The number of hydrogen-bond donors (Lipinski definition) is 0. The van der Waals surface area contributed by atoms with E-state index in [1.807, 2.05) is 53.5 Å². The molecule has 4 rings (SSSR count). The summed E-state index contributed by atoms with van der Waals surface area (Å²) in [5, 5.41) is 4.21. The molecule has 4 aromatic rings. The van der Waals surface area contributed by atoms with Crippen molar-refractivity contribution in [1.29, 1.82) is 0 Å². The molecule has 0 saturated carbocycles. The highest BCUT2D eigenvalue weighted by molar-refractivity contribution is 5.63. The normalized spacial score (nSPS) is 11.0. The Bertz CT molecular complexity index is 896. The highest BCUT2D eigenvalue weighted by Crippen LogP contribution is 2.22. The van der Waals surface area contributed by atoms with Gasteiger partial charge in [-0.2, -0.15) is 5.10 Å². The van der Waals surface area contributed by atoms with Gasteiger partial charge in [0.15, 0.2) is 5.65 Å². The molecule has 1 aromatic carbocycles. The van der Waals surface area contributed by atoms with Crippen molar-refractivity contribution in [2.75, 3.05) is 6.61 Å². The number of nitrogens with zero attached hydrogens (tertiary/aromatic N) is 5. The molecular weight excluding hydrogens is 290 g/mol. The second-order valence-electron chi connectivity index (χ2n) is 5.15. The Morgan fingerprint density at radius 2 is 1.91 bits per heavy atom. The fraction of sp³-hybridized carbons (Fsp3) is 0.118. The van der Waals surface area contributed by atoms with Crippen LogP contribution >= 0.6 is 0 Å². The molecule has 23 heavy (non-hydrogen) atoms. The molecule has 0 radical (unpaired) electrons. The van der Waals surface area contributed by atoms with Gasteiger partial charge >= 0.3 is 0 Å². The van der Waals surface area contributed by atoms with Crippen molar-refractivity contribution in [1.82, 2.24) is 24.1 Å².